The lowest BCUT2D eigenvalue weighted by Crippen LogP contribution is -2.28. The number of nitrogens with one attached hydrogen (secondary N) is 1. The van der Waals surface area contributed by atoms with Gasteiger partial charge in [0.25, 0.3) is 5.91 Å². The Labute approximate surface area is 134 Å². The lowest BCUT2D eigenvalue weighted by molar-refractivity contribution is 0.0880. The zero-order chi connectivity index (χ0) is 16.1. The maximum atomic E-state index is 12.0. The van der Waals surface area contributed by atoms with E-state index in [-0.39, 0.29) is 18.2 Å². The Morgan fingerprint density at radius 2 is 2.18 bits per heavy atom. The summed E-state index contributed by atoms with van der Waals surface area (Å²) in [5, 5.41) is 17.0. The largest absolute Gasteiger partial charge is 0.387 e. The van der Waals surface area contributed by atoms with Gasteiger partial charge in [-0.3, -0.25) is 4.79 Å². The number of aromatic nitrogens is 1. The van der Waals surface area contributed by atoms with E-state index in [9.17, 15) is 9.90 Å². The Morgan fingerprint density at radius 3 is 2.86 bits per heavy atom. The van der Waals surface area contributed by atoms with Crippen molar-refractivity contribution in [1.29, 1.82) is 0 Å². The number of benzene rings is 1. The molecule has 6 heteroatoms. The number of amides is 1. The van der Waals surface area contributed by atoms with E-state index in [1.807, 2.05) is 13.8 Å². The zero-order valence-corrected chi connectivity index (χ0v) is 13.3. The summed E-state index contributed by atoms with van der Waals surface area (Å²) in [5.41, 5.74) is 1.32. The quantitative estimate of drug-likeness (QED) is 0.855. The van der Waals surface area contributed by atoms with Crippen LogP contribution < -0.4 is 5.32 Å². The number of aliphatic hydroxyl groups excluding tert-OH is 1. The second-order valence-electron chi connectivity index (χ2n) is 5.17. The van der Waals surface area contributed by atoms with E-state index in [0.717, 1.165) is 12.1 Å². The molecule has 0 aliphatic carbocycles. The first kappa shape index (κ1) is 16.5. The van der Waals surface area contributed by atoms with Crippen molar-refractivity contribution >= 4 is 17.5 Å². The Balaban J connectivity index is 1.95. The van der Waals surface area contributed by atoms with E-state index in [2.05, 4.69) is 10.5 Å². The molecule has 0 fully saturated rings. The summed E-state index contributed by atoms with van der Waals surface area (Å²) in [5.74, 6) is -0.0335. The molecule has 0 radical (unpaired) electrons. The molecule has 1 aromatic heterocycles. The van der Waals surface area contributed by atoms with Gasteiger partial charge in [-0.05, 0) is 12.5 Å². The minimum Gasteiger partial charge on any atom is -0.387 e. The lowest BCUT2D eigenvalue weighted by Gasteiger charge is -2.12. The normalized spacial score (nSPS) is 13.6. The van der Waals surface area contributed by atoms with E-state index >= 15 is 0 Å². The molecule has 0 aliphatic heterocycles. The van der Waals surface area contributed by atoms with Gasteiger partial charge in [-0.25, -0.2) is 0 Å². The smallest absolute Gasteiger partial charge is 0.290 e. The van der Waals surface area contributed by atoms with Gasteiger partial charge >= 0.3 is 0 Å². The highest BCUT2D eigenvalue weighted by Crippen LogP contribution is 2.22. The third-order valence-electron chi connectivity index (χ3n) is 3.59. The number of hydrogen-bond donors (Lipinski definition) is 2. The monoisotopic (exact) mass is 322 g/mol. The Hall–Kier alpha value is -1.85. The molecule has 2 rings (SSSR count). The van der Waals surface area contributed by atoms with Gasteiger partial charge in [0.1, 0.15) is 0 Å². The van der Waals surface area contributed by atoms with Gasteiger partial charge < -0.3 is 14.9 Å². The standard InChI is InChI=1S/C16H19ClN2O3/c1-3-10(2)13-8-15(22-19-13)16(21)18-9-14(20)11-6-4-5-7-12(11)17/h4-8,10,14,20H,3,9H2,1-2H3,(H,18,21). The molecule has 1 heterocycles. The topological polar surface area (TPSA) is 75.4 Å². The van der Waals surface area contributed by atoms with Crippen LogP contribution in [-0.2, 0) is 0 Å². The van der Waals surface area contributed by atoms with E-state index < -0.39 is 12.0 Å². The fraction of sp³-hybridized carbons (Fsp3) is 0.375. The second kappa shape index (κ2) is 7.42. The van der Waals surface area contributed by atoms with Gasteiger partial charge in [0, 0.05) is 29.1 Å². The van der Waals surface area contributed by atoms with Gasteiger partial charge in [-0.2, -0.15) is 0 Å². The number of rotatable bonds is 6. The summed E-state index contributed by atoms with van der Waals surface area (Å²) < 4.78 is 5.04. The van der Waals surface area contributed by atoms with E-state index in [0.29, 0.717) is 10.6 Å². The Bertz CT molecular complexity index is 642. The molecule has 0 saturated carbocycles. The highest BCUT2D eigenvalue weighted by molar-refractivity contribution is 6.31. The molecule has 1 amide bonds. The maximum absolute atomic E-state index is 12.0. The van der Waals surface area contributed by atoms with Crippen LogP contribution in [0.2, 0.25) is 5.02 Å². The summed E-state index contributed by atoms with van der Waals surface area (Å²) in [7, 11) is 0. The number of carbonyl (C=O) groups excluding carboxylic acids is 1. The summed E-state index contributed by atoms with van der Waals surface area (Å²) >= 11 is 6.00. The predicted octanol–water partition coefficient (Wildman–Crippen LogP) is 3.30. The maximum Gasteiger partial charge on any atom is 0.290 e. The van der Waals surface area contributed by atoms with Crippen molar-refractivity contribution in [2.24, 2.45) is 0 Å². The molecule has 118 valence electrons. The van der Waals surface area contributed by atoms with Crippen molar-refractivity contribution in [3.8, 4) is 0 Å². The van der Waals surface area contributed by atoms with Gasteiger partial charge in [0.2, 0.25) is 5.76 Å². The van der Waals surface area contributed by atoms with Crippen LogP contribution in [0.5, 0.6) is 0 Å². The molecular weight excluding hydrogens is 304 g/mol. The van der Waals surface area contributed by atoms with Crippen molar-refractivity contribution in [2.75, 3.05) is 6.54 Å². The fourth-order valence-corrected chi connectivity index (χ4v) is 2.23. The van der Waals surface area contributed by atoms with Gasteiger partial charge in [0.05, 0.1) is 11.8 Å². The summed E-state index contributed by atoms with van der Waals surface area (Å²) in [6.45, 7) is 4.10. The summed E-state index contributed by atoms with van der Waals surface area (Å²) in [4.78, 5) is 12.0. The molecule has 0 bridgehead atoms. The molecule has 0 saturated heterocycles. The third kappa shape index (κ3) is 3.87. The van der Waals surface area contributed by atoms with E-state index in [1.165, 1.54) is 0 Å². The number of nitrogens with zero attached hydrogens (tertiary/aromatic N) is 1. The highest BCUT2D eigenvalue weighted by atomic mass is 35.5. The minimum absolute atomic E-state index is 0.0436. The predicted molar refractivity (Wildman–Crippen MR) is 84.0 cm³/mol. The van der Waals surface area contributed by atoms with Crippen molar-refractivity contribution in [3.63, 3.8) is 0 Å². The Morgan fingerprint density at radius 1 is 1.45 bits per heavy atom. The van der Waals surface area contributed by atoms with Crippen molar-refractivity contribution in [2.45, 2.75) is 32.3 Å². The van der Waals surface area contributed by atoms with Crippen molar-refractivity contribution < 1.29 is 14.4 Å². The zero-order valence-electron chi connectivity index (χ0n) is 12.5. The van der Waals surface area contributed by atoms with Crippen LogP contribution in [0.3, 0.4) is 0 Å². The molecule has 0 aliphatic rings. The van der Waals surface area contributed by atoms with Crippen LogP contribution in [0, 0.1) is 0 Å². The SMILES string of the molecule is CCC(C)c1cc(C(=O)NCC(O)c2ccccc2Cl)on1. The average molecular weight is 323 g/mol. The van der Waals surface area contributed by atoms with Gasteiger partial charge in [-0.15, -0.1) is 0 Å². The van der Waals surface area contributed by atoms with Crippen LogP contribution in [-0.4, -0.2) is 22.7 Å². The number of hydrogen-bond acceptors (Lipinski definition) is 4. The third-order valence-corrected chi connectivity index (χ3v) is 3.93. The van der Waals surface area contributed by atoms with Crippen molar-refractivity contribution in [1.82, 2.24) is 10.5 Å². The molecule has 5 nitrogen and oxygen atoms in total. The molecule has 1 aromatic carbocycles. The number of carbonyl (C=O) groups is 1. The minimum atomic E-state index is -0.880. The van der Waals surface area contributed by atoms with Gasteiger partial charge in [-0.1, -0.05) is 48.8 Å². The van der Waals surface area contributed by atoms with Crippen LogP contribution >= 0.6 is 11.6 Å². The highest BCUT2D eigenvalue weighted by Gasteiger charge is 2.18. The van der Waals surface area contributed by atoms with E-state index in [4.69, 9.17) is 16.1 Å². The van der Waals surface area contributed by atoms with Crippen LogP contribution in [0.25, 0.3) is 0 Å². The summed E-state index contributed by atoms with van der Waals surface area (Å²) in [6.07, 6.45) is 0.0355. The first-order valence-electron chi connectivity index (χ1n) is 7.20. The molecule has 2 aromatic rings. The van der Waals surface area contributed by atoms with Crippen LogP contribution in [0.1, 0.15) is 54.1 Å². The molecule has 2 unspecified atom stereocenters. The number of aliphatic hydroxyl groups is 1. The average Bonchev–Trinajstić information content (AvgIpc) is 3.02. The van der Waals surface area contributed by atoms with E-state index in [1.54, 1.807) is 30.3 Å². The first-order chi connectivity index (χ1) is 10.5. The van der Waals surface area contributed by atoms with Crippen LogP contribution in [0.15, 0.2) is 34.9 Å². The van der Waals surface area contributed by atoms with Crippen LogP contribution in [0.4, 0.5) is 0 Å². The fourth-order valence-electron chi connectivity index (χ4n) is 1.97. The van der Waals surface area contributed by atoms with Gasteiger partial charge in [0.15, 0.2) is 0 Å². The molecule has 0 spiro atoms. The van der Waals surface area contributed by atoms with Crippen molar-refractivity contribution in [3.05, 3.63) is 52.4 Å². The molecule has 22 heavy (non-hydrogen) atoms. The number of halogens is 1. The second-order valence-corrected chi connectivity index (χ2v) is 5.58. The first-order valence-corrected chi connectivity index (χ1v) is 7.58. The molecule has 2 atom stereocenters. The molecular formula is C16H19ClN2O3. The molecule has 2 N–H and O–H groups in total. The lowest BCUT2D eigenvalue weighted by atomic mass is 10.1. The Kier molecular flexibility index (Phi) is 5.57. The summed E-state index contributed by atoms with van der Waals surface area (Å²) in [6, 6.07) is 8.60.